The number of hydrogen-bond acceptors (Lipinski definition) is 4. The van der Waals surface area contributed by atoms with Gasteiger partial charge in [-0.2, -0.15) is 5.26 Å². The Bertz CT molecular complexity index is 527. The quantitative estimate of drug-likeness (QED) is 0.792. The van der Waals surface area contributed by atoms with E-state index in [0.717, 1.165) is 38.5 Å². The minimum Gasteiger partial charge on any atom is -0.373 e. The van der Waals surface area contributed by atoms with E-state index >= 15 is 0 Å². The van der Waals surface area contributed by atoms with Crippen LogP contribution in [-0.2, 0) is 14.8 Å². The van der Waals surface area contributed by atoms with E-state index in [-0.39, 0.29) is 17.6 Å². The summed E-state index contributed by atoms with van der Waals surface area (Å²) in [7, 11) is -3.11. The van der Waals surface area contributed by atoms with Crippen LogP contribution in [0.2, 0.25) is 0 Å². The summed E-state index contributed by atoms with van der Waals surface area (Å²) in [5.74, 6) is 0.293. The van der Waals surface area contributed by atoms with Crippen molar-refractivity contribution < 1.29 is 13.2 Å². The fourth-order valence-electron chi connectivity index (χ4n) is 4.19. The summed E-state index contributed by atoms with van der Waals surface area (Å²) >= 11 is 0. The first kappa shape index (κ1) is 14.3. The zero-order chi connectivity index (χ0) is 14.4. The molecule has 0 aromatic heterocycles. The fraction of sp³-hybridized carbons (Fsp3) is 0.929. The smallest absolute Gasteiger partial charge is 0.211 e. The molecule has 0 radical (unpaired) electrons. The minimum absolute atomic E-state index is 0.0751. The monoisotopic (exact) mass is 298 g/mol. The summed E-state index contributed by atoms with van der Waals surface area (Å²) in [6.45, 7) is 1.19. The molecule has 3 heterocycles. The normalized spacial score (nSPS) is 41.7. The Labute approximate surface area is 120 Å². The molecule has 4 unspecified atom stereocenters. The predicted molar refractivity (Wildman–Crippen MR) is 74.3 cm³/mol. The minimum atomic E-state index is -3.11. The second-order valence-corrected chi connectivity index (χ2v) is 8.61. The first-order chi connectivity index (χ1) is 9.43. The second kappa shape index (κ2) is 4.97. The summed E-state index contributed by atoms with van der Waals surface area (Å²) < 4.78 is 30.8. The maximum atomic E-state index is 11.7. The third-order valence-electron chi connectivity index (χ3n) is 5.14. The van der Waals surface area contributed by atoms with Gasteiger partial charge in [-0.15, -0.1) is 0 Å². The molecule has 3 fully saturated rings. The molecule has 0 amide bonds. The van der Waals surface area contributed by atoms with Gasteiger partial charge in [0.15, 0.2) is 0 Å². The summed E-state index contributed by atoms with van der Waals surface area (Å²) in [6, 6.07) is 2.52. The Hall–Kier alpha value is -0.640. The maximum absolute atomic E-state index is 11.7. The third-order valence-corrected chi connectivity index (χ3v) is 6.41. The van der Waals surface area contributed by atoms with Crippen LogP contribution < -0.4 is 0 Å². The lowest BCUT2D eigenvalue weighted by molar-refractivity contribution is 0.0666. The van der Waals surface area contributed by atoms with E-state index < -0.39 is 10.0 Å². The van der Waals surface area contributed by atoms with Crippen LogP contribution in [-0.4, -0.2) is 44.3 Å². The summed E-state index contributed by atoms with van der Waals surface area (Å²) in [5, 5.41) is 9.63. The molecule has 5 nitrogen and oxygen atoms in total. The van der Waals surface area contributed by atoms with Gasteiger partial charge in [-0.3, -0.25) is 0 Å². The van der Waals surface area contributed by atoms with Crippen LogP contribution in [0.25, 0.3) is 0 Å². The van der Waals surface area contributed by atoms with Crippen molar-refractivity contribution >= 4 is 10.0 Å². The van der Waals surface area contributed by atoms with Crippen LogP contribution in [0.3, 0.4) is 0 Å². The van der Waals surface area contributed by atoms with E-state index in [2.05, 4.69) is 6.07 Å². The number of sulfonamides is 1. The van der Waals surface area contributed by atoms with Crippen molar-refractivity contribution in [2.75, 3.05) is 19.3 Å². The lowest BCUT2D eigenvalue weighted by Crippen LogP contribution is -2.42. The highest BCUT2D eigenvalue weighted by molar-refractivity contribution is 7.88. The van der Waals surface area contributed by atoms with Gasteiger partial charge in [0.25, 0.3) is 0 Å². The molecule has 0 spiro atoms. The maximum Gasteiger partial charge on any atom is 0.211 e. The first-order valence-corrected chi connectivity index (χ1v) is 9.30. The largest absolute Gasteiger partial charge is 0.373 e. The number of nitriles is 1. The van der Waals surface area contributed by atoms with Gasteiger partial charge in [0.05, 0.1) is 29.9 Å². The van der Waals surface area contributed by atoms with E-state index in [1.54, 1.807) is 4.31 Å². The van der Waals surface area contributed by atoms with Crippen molar-refractivity contribution in [3.05, 3.63) is 0 Å². The van der Waals surface area contributed by atoms with Crippen LogP contribution in [0, 0.1) is 22.7 Å². The van der Waals surface area contributed by atoms with E-state index in [4.69, 9.17) is 4.74 Å². The Kier molecular flexibility index (Phi) is 3.56. The second-order valence-electron chi connectivity index (χ2n) is 6.63. The van der Waals surface area contributed by atoms with Gasteiger partial charge >= 0.3 is 0 Å². The molecule has 2 bridgehead atoms. The molecule has 0 aromatic rings. The van der Waals surface area contributed by atoms with Crippen LogP contribution in [0.5, 0.6) is 0 Å². The Morgan fingerprint density at radius 2 is 2.20 bits per heavy atom. The lowest BCUT2D eigenvalue weighted by Gasteiger charge is -2.36. The molecule has 4 atom stereocenters. The van der Waals surface area contributed by atoms with Crippen LogP contribution in [0.4, 0.5) is 0 Å². The highest BCUT2D eigenvalue weighted by Crippen LogP contribution is 2.51. The highest BCUT2D eigenvalue weighted by Gasteiger charge is 2.53. The SMILES string of the molecule is CS(=O)(=O)N1CCCC(CC2(C#N)CC3CCC2O3)C1. The van der Waals surface area contributed by atoms with Crippen LogP contribution >= 0.6 is 0 Å². The van der Waals surface area contributed by atoms with Crippen molar-refractivity contribution in [2.45, 2.75) is 50.7 Å². The zero-order valence-corrected chi connectivity index (χ0v) is 12.7. The number of hydrogen-bond donors (Lipinski definition) is 0. The zero-order valence-electron chi connectivity index (χ0n) is 11.9. The molecule has 112 valence electrons. The predicted octanol–water partition coefficient (Wildman–Crippen LogP) is 1.51. The molecule has 3 saturated heterocycles. The van der Waals surface area contributed by atoms with Crippen molar-refractivity contribution in [2.24, 2.45) is 11.3 Å². The highest BCUT2D eigenvalue weighted by atomic mass is 32.2. The molecule has 3 aliphatic heterocycles. The molecule has 6 heteroatoms. The first-order valence-electron chi connectivity index (χ1n) is 7.45. The summed E-state index contributed by atoms with van der Waals surface area (Å²) in [5.41, 5.74) is -0.367. The topological polar surface area (TPSA) is 70.4 Å². The molecular weight excluding hydrogens is 276 g/mol. The van der Waals surface area contributed by atoms with Crippen molar-refractivity contribution in [1.29, 1.82) is 5.26 Å². The molecule has 0 aromatic carbocycles. The number of nitrogens with zero attached hydrogens (tertiary/aromatic N) is 2. The van der Waals surface area contributed by atoms with Gasteiger partial charge in [0.1, 0.15) is 0 Å². The summed E-state index contributed by atoms with van der Waals surface area (Å²) in [6.07, 6.45) is 7.21. The average molecular weight is 298 g/mol. The van der Waals surface area contributed by atoms with Gasteiger partial charge in [0, 0.05) is 13.1 Å². The molecule has 0 saturated carbocycles. The summed E-state index contributed by atoms with van der Waals surface area (Å²) in [4.78, 5) is 0. The molecular formula is C14H22N2O3S. The van der Waals surface area contributed by atoms with Gasteiger partial charge in [-0.1, -0.05) is 0 Å². The molecule has 3 aliphatic rings. The Morgan fingerprint density at radius 1 is 1.40 bits per heavy atom. The van der Waals surface area contributed by atoms with Gasteiger partial charge in [-0.25, -0.2) is 12.7 Å². The van der Waals surface area contributed by atoms with Gasteiger partial charge in [0.2, 0.25) is 10.0 Å². The standard InChI is InChI=1S/C14H22N2O3S/c1-20(17,18)16-6-2-3-11(9-16)7-14(10-15)8-12-4-5-13(14)19-12/h11-13H,2-9H2,1H3. The van der Waals surface area contributed by atoms with Crippen molar-refractivity contribution in [1.82, 2.24) is 4.31 Å². The number of piperidine rings is 1. The van der Waals surface area contributed by atoms with Crippen molar-refractivity contribution in [3.63, 3.8) is 0 Å². The average Bonchev–Trinajstić information content (AvgIpc) is 2.99. The number of fused-ring (bicyclic) bond motifs is 2. The third kappa shape index (κ3) is 2.47. The molecule has 3 rings (SSSR count). The number of rotatable bonds is 3. The van der Waals surface area contributed by atoms with Gasteiger partial charge in [-0.05, 0) is 44.4 Å². The Balaban J connectivity index is 1.70. The fourth-order valence-corrected chi connectivity index (χ4v) is 5.13. The Morgan fingerprint density at radius 3 is 2.75 bits per heavy atom. The molecule has 20 heavy (non-hydrogen) atoms. The lowest BCUT2D eigenvalue weighted by atomic mass is 9.69. The van der Waals surface area contributed by atoms with Gasteiger partial charge < -0.3 is 4.74 Å². The van der Waals surface area contributed by atoms with E-state index in [0.29, 0.717) is 19.0 Å². The molecule has 0 N–H and O–H groups in total. The van der Waals surface area contributed by atoms with Crippen molar-refractivity contribution in [3.8, 4) is 6.07 Å². The van der Waals surface area contributed by atoms with Crippen LogP contribution in [0.1, 0.15) is 38.5 Å². The van der Waals surface area contributed by atoms with Crippen LogP contribution in [0.15, 0.2) is 0 Å². The van der Waals surface area contributed by atoms with E-state index in [1.807, 2.05) is 0 Å². The van der Waals surface area contributed by atoms with E-state index in [1.165, 1.54) is 6.26 Å². The van der Waals surface area contributed by atoms with E-state index in [9.17, 15) is 13.7 Å². The number of ether oxygens (including phenoxy) is 1. The molecule has 0 aliphatic carbocycles.